The van der Waals surface area contributed by atoms with Gasteiger partial charge in [0, 0.05) is 0 Å². The van der Waals surface area contributed by atoms with Crippen molar-refractivity contribution in [1.82, 2.24) is 10.6 Å². The summed E-state index contributed by atoms with van der Waals surface area (Å²) in [6.07, 6.45) is -1.52. The summed E-state index contributed by atoms with van der Waals surface area (Å²) in [4.78, 5) is 47.3. The van der Waals surface area contributed by atoms with E-state index >= 15 is 0 Å². The van der Waals surface area contributed by atoms with E-state index in [9.17, 15) is 19.2 Å². The summed E-state index contributed by atoms with van der Waals surface area (Å²) in [5, 5.41) is 4.14. The van der Waals surface area contributed by atoms with Crippen LogP contribution < -0.4 is 10.6 Å². The molecule has 23 heavy (non-hydrogen) atoms. The van der Waals surface area contributed by atoms with Gasteiger partial charge in [-0.1, -0.05) is 30.3 Å². The molecule has 0 aromatic heterocycles. The summed E-state index contributed by atoms with van der Waals surface area (Å²) in [7, 11) is 0. The zero-order chi connectivity index (χ0) is 16.9. The highest BCUT2D eigenvalue weighted by atomic mass is 16.6. The smallest absolute Gasteiger partial charge is 0.408 e. The Bertz CT molecular complexity index is 630. The molecule has 1 atom stereocenters. The van der Waals surface area contributed by atoms with Gasteiger partial charge >= 0.3 is 12.1 Å². The average molecular weight is 320 g/mol. The zero-order valence-electron chi connectivity index (χ0n) is 12.5. The number of ether oxygens (including phenoxy) is 2. The quantitative estimate of drug-likeness (QED) is 0.457. The van der Waals surface area contributed by atoms with E-state index in [4.69, 9.17) is 9.47 Å². The number of benzene rings is 1. The molecule has 1 aliphatic heterocycles. The highest BCUT2D eigenvalue weighted by molar-refractivity contribution is 6.21. The van der Waals surface area contributed by atoms with Crippen molar-refractivity contribution in [3.05, 3.63) is 35.9 Å². The van der Waals surface area contributed by atoms with Crippen molar-refractivity contribution in [3.8, 4) is 0 Å². The van der Waals surface area contributed by atoms with E-state index in [2.05, 4.69) is 5.32 Å². The van der Waals surface area contributed by atoms with Crippen molar-refractivity contribution >= 4 is 23.9 Å². The molecule has 1 saturated heterocycles. The Morgan fingerprint density at radius 3 is 2.48 bits per heavy atom. The van der Waals surface area contributed by atoms with E-state index in [1.165, 1.54) is 0 Å². The predicted molar refractivity (Wildman–Crippen MR) is 76.9 cm³/mol. The molecular formula is C15H16N2O6. The molecular weight excluding hydrogens is 304 g/mol. The standard InChI is InChI=1S/C15H16N2O6/c1-2-22-13(20)15(8-11(18)16-12(15)19)17-14(21)23-9-10-6-4-3-5-7-10/h3-7H,2,8-9H2,1H3,(H,17,21)(H,16,18,19)/t15-/m1/s1. The molecule has 2 N–H and O–H groups in total. The van der Waals surface area contributed by atoms with Crippen molar-refractivity contribution in [3.63, 3.8) is 0 Å². The minimum Gasteiger partial charge on any atom is -0.464 e. The maximum atomic E-state index is 12.0. The summed E-state index contributed by atoms with van der Waals surface area (Å²) in [5.41, 5.74) is -1.35. The lowest BCUT2D eigenvalue weighted by atomic mass is 9.98. The average Bonchev–Trinajstić information content (AvgIpc) is 2.81. The molecule has 1 aromatic rings. The van der Waals surface area contributed by atoms with Gasteiger partial charge in [0.15, 0.2) is 0 Å². The summed E-state index contributed by atoms with van der Waals surface area (Å²) < 4.78 is 9.77. The Morgan fingerprint density at radius 2 is 1.91 bits per heavy atom. The number of alkyl carbamates (subject to hydrolysis) is 1. The van der Waals surface area contributed by atoms with Crippen LogP contribution in [0.1, 0.15) is 18.9 Å². The first-order valence-corrected chi connectivity index (χ1v) is 6.98. The molecule has 0 radical (unpaired) electrons. The Kier molecular flexibility index (Phi) is 4.95. The fraction of sp³-hybridized carbons (Fsp3) is 0.333. The molecule has 8 heteroatoms. The molecule has 1 aromatic carbocycles. The van der Waals surface area contributed by atoms with Crippen molar-refractivity contribution in [2.45, 2.75) is 25.5 Å². The van der Waals surface area contributed by atoms with Gasteiger partial charge in [0.25, 0.3) is 5.91 Å². The van der Waals surface area contributed by atoms with Crippen LogP contribution in [0.2, 0.25) is 0 Å². The molecule has 2 rings (SSSR count). The minimum absolute atomic E-state index is 0.00277. The zero-order valence-corrected chi connectivity index (χ0v) is 12.5. The lowest BCUT2D eigenvalue weighted by Crippen LogP contribution is -2.59. The second-order valence-corrected chi connectivity index (χ2v) is 4.87. The molecule has 1 fully saturated rings. The molecule has 3 amide bonds. The van der Waals surface area contributed by atoms with Gasteiger partial charge in [-0.25, -0.2) is 9.59 Å². The third kappa shape index (κ3) is 3.65. The Morgan fingerprint density at radius 1 is 1.22 bits per heavy atom. The van der Waals surface area contributed by atoms with Gasteiger partial charge in [0.05, 0.1) is 13.0 Å². The van der Waals surface area contributed by atoms with Crippen LogP contribution in [0.15, 0.2) is 30.3 Å². The minimum atomic E-state index is -2.08. The van der Waals surface area contributed by atoms with Crippen molar-refractivity contribution in [2.75, 3.05) is 6.61 Å². The summed E-state index contributed by atoms with van der Waals surface area (Å²) in [5.74, 6) is -2.61. The van der Waals surface area contributed by atoms with Gasteiger partial charge in [0.1, 0.15) is 6.61 Å². The van der Waals surface area contributed by atoms with Crippen molar-refractivity contribution < 1.29 is 28.7 Å². The normalized spacial score (nSPS) is 19.9. The number of carbonyl (C=O) groups excluding carboxylic acids is 4. The van der Waals surface area contributed by atoms with Crippen LogP contribution in [0.3, 0.4) is 0 Å². The van der Waals surface area contributed by atoms with E-state index in [1.807, 2.05) is 11.4 Å². The highest BCUT2D eigenvalue weighted by Gasteiger charge is 2.55. The Labute approximate surface area is 132 Å². The first-order valence-electron chi connectivity index (χ1n) is 6.98. The molecule has 1 heterocycles. The van der Waals surface area contributed by atoms with Gasteiger partial charge in [-0.15, -0.1) is 0 Å². The third-order valence-electron chi connectivity index (χ3n) is 3.22. The van der Waals surface area contributed by atoms with Crippen LogP contribution in [-0.2, 0) is 30.5 Å². The summed E-state index contributed by atoms with van der Waals surface area (Å²) in [6.45, 7) is 1.51. The van der Waals surface area contributed by atoms with E-state index in [0.29, 0.717) is 0 Å². The monoisotopic (exact) mass is 320 g/mol. The fourth-order valence-corrected chi connectivity index (χ4v) is 2.10. The molecule has 0 unspecified atom stereocenters. The number of hydrogen-bond acceptors (Lipinski definition) is 6. The first kappa shape index (κ1) is 16.5. The number of amides is 3. The van der Waals surface area contributed by atoms with Gasteiger partial charge in [-0.2, -0.15) is 0 Å². The van der Waals surface area contributed by atoms with Crippen molar-refractivity contribution in [2.24, 2.45) is 0 Å². The first-order chi connectivity index (χ1) is 11.0. The fourth-order valence-electron chi connectivity index (χ4n) is 2.10. The van der Waals surface area contributed by atoms with Crippen molar-refractivity contribution in [1.29, 1.82) is 0 Å². The largest absolute Gasteiger partial charge is 0.464 e. The predicted octanol–water partition coefficient (Wildman–Crippen LogP) is 0.261. The number of carbonyl (C=O) groups is 4. The maximum absolute atomic E-state index is 12.0. The van der Waals surface area contributed by atoms with Gasteiger partial charge in [-0.3, -0.25) is 20.2 Å². The highest BCUT2D eigenvalue weighted by Crippen LogP contribution is 2.20. The van der Waals surface area contributed by atoms with Crippen LogP contribution in [0.5, 0.6) is 0 Å². The number of hydrogen-bond donors (Lipinski definition) is 2. The van der Waals surface area contributed by atoms with Crippen LogP contribution in [0.25, 0.3) is 0 Å². The van der Waals surface area contributed by atoms with Gasteiger partial charge in [-0.05, 0) is 12.5 Å². The SMILES string of the molecule is CCOC(=O)[C@@]1(NC(=O)OCc2ccccc2)CC(=O)NC1=O. The maximum Gasteiger partial charge on any atom is 0.408 e. The molecule has 0 saturated carbocycles. The van der Waals surface area contributed by atoms with Crippen LogP contribution in [-0.4, -0.2) is 36.0 Å². The van der Waals surface area contributed by atoms with E-state index in [0.717, 1.165) is 5.56 Å². The second-order valence-electron chi connectivity index (χ2n) is 4.87. The van der Waals surface area contributed by atoms with Crippen LogP contribution >= 0.6 is 0 Å². The second kappa shape index (κ2) is 6.91. The molecule has 122 valence electrons. The van der Waals surface area contributed by atoms with Crippen LogP contribution in [0, 0.1) is 0 Å². The Hall–Kier alpha value is -2.90. The Balaban J connectivity index is 2.06. The van der Waals surface area contributed by atoms with E-state index < -0.39 is 35.8 Å². The lowest BCUT2D eigenvalue weighted by molar-refractivity contribution is -0.154. The van der Waals surface area contributed by atoms with E-state index in [1.54, 1.807) is 31.2 Å². The van der Waals surface area contributed by atoms with Gasteiger partial charge in [0.2, 0.25) is 11.4 Å². The van der Waals surface area contributed by atoms with E-state index in [-0.39, 0.29) is 13.2 Å². The number of esters is 1. The molecule has 1 aliphatic rings. The molecule has 0 bridgehead atoms. The number of rotatable bonds is 5. The summed E-state index contributed by atoms with van der Waals surface area (Å²) >= 11 is 0. The molecule has 8 nitrogen and oxygen atoms in total. The summed E-state index contributed by atoms with van der Waals surface area (Å²) in [6, 6.07) is 8.87. The number of nitrogens with one attached hydrogen (secondary N) is 2. The topological polar surface area (TPSA) is 111 Å². The third-order valence-corrected chi connectivity index (χ3v) is 3.22. The van der Waals surface area contributed by atoms with Gasteiger partial charge < -0.3 is 9.47 Å². The molecule has 0 aliphatic carbocycles. The number of imide groups is 1. The van der Waals surface area contributed by atoms with Crippen LogP contribution in [0.4, 0.5) is 4.79 Å². The molecule has 0 spiro atoms. The lowest BCUT2D eigenvalue weighted by Gasteiger charge is -2.23.